The Morgan fingerprint density at radius 2 is 2.00 bits per heavy atom. The first-order valence-corrected chi connectivity index (χ1v) is 10.0. The molecule has 1 aromatic carbocycles. The highest BCUT2D eigenvalue weighted by atomic mass is 19.1. The second-order valence-corrected chi connectivity index (χ2v) is 7.69. The fourth-order valence-electron chi connectivity index (χ4n) is 3.64. The predicted octanol–water partition coefficient (Wildman–Crippen LogP) is 5.56. The molecule has 0 bridgehead atoms. The predicted molar refractivity (Wildman–Crippen MR) is 118 cm³/mol. The van der Waals surface area contributed by atoms with Gasteiger partial charge in [-0.15, -0.1) is 13.2 Å². The molecule has 1 aromatic rings. The van der Waals surface area contributed by atoms with Crippen LogP contribution >= 0.6 is 0 Å². The summed E-state index contributed by atoms with van der Waals surface area (Å²) in [5, 5.41) is 9.62. The van der Waals surface area contributed by atoms with Gasteiger partial charge in [-0.05, 0) is 70.6 Å². The summed E-state index contributed by atoms with van der Waals surface area (Å²) in [5.74, 6) is -0.537. The molecule has 0 aliphatic carbocycles. The number of carbonyl (C=O) groups excluding carboxylic acids is 1. The Morgan fingerprint density at radius 3 is 2.55 bits per heavy atom. The van der Waals surface area contributed by atoms with E-state index in [4.69, 9.17) is 0 Å². The van der Waals surface area contributed by atoms with Crippen LogP contribution in [0, 0.1) is 11.2 Å². The van der Waals surface area contributed by atoms with Gasteiger partial charge in [0.05, 0.1) is 11.3 Å². The lowest BCUT2D eigenvalue weighted by Crippen LogP contribution is -2.35. The van der Waals surface area contributed by atoms with Crippen molar-refractivity contribution in [1.29, 1.82) is 0 Å². The molecule has 1 unspecified atom stereocenters. The molecule has 0 aromatic heterocycles. The minimum absolute atomic E-state index is 0.0972. The molecule has 0 fully saturated rings. The van der Waals surface area contributed by atoms with Gasteiger partial charge in [-0.1, -0.05) is 26.0 Å². The highest BCUT2D eigenvalue weighted by Gasteiger charge is 2.41. The molecular formula is C24H35FN2O2. The van der Waals surface area contributed by atoms with Crippen molar-refractivity contribution in [3.05, 3.63) is 71.9 Å². The number of aliphatic hydroxyl groups excluding tert-OH is 1. The molecule has 29 heavy (non-hydrogen) atoms. The Hall–Kier alpha value is -2.40. The van der Waals surface area contributed by atoms with E-state index in [1.165, 1.54) is 12.1 Å². The molecule has 2 rings (SSSR count). The maximum atomic E-state index is 14.2. The van der Waals surface area contributed by atoms with Gasteiger partial charge in [0, 0.05) is 17.7 Å². The van der Waals surface area contributed by atoms with E-state index in [1.807, 2.05) is 6.92 Å². The van der Waals surface area contributed by atoms with Crippen LogP contribution in [0.4, 0.5) is 4.39 Å². The van der Waals surface area contributed by atoms with E-state index in [9.17, 15) is 14.3 Å². The van der Waals surface area contributed by atoms with E-state index >= 15 is 0 Å². The topological polar surface area (TPSA) is 43.8 Å². The second kappa shape index (κ2) is 11.0. The van der Waals surface area contributed by atoms with Crippen molar-refractivity contribution in [1.82, 2.24) is 9.80 Å². The average Bonchev–Trinajstić information content (AvgIpc) is 2.96. The first kappa shape index (κ1) is 24.6. The van der Waals surface area contributed by atoms with Gasteiger partial charge >= 0.3 is 0 Å². The summed E-state index contributed by atoms with van der Waals surface area (Å²) in [6.07, 6.45) is 3.25. The molecule has 160 valence electrons. The van der Waals surface area contributed by atoms with Crippen molar-refractivity contribution >= 4 is 5.91 Å². The van der Waals surface area contributed by atoms with Crippen LogP contribution in [0.2, 0.25) is 0 Å². The van der Waals surface area contributed by atoms with E-state index in [2.05, 4.69) is 39.0 Å². The summed E-state index contributed by atoms with van der Waals surface area (Å²) in [6.45, 7) is 16.2. The number of allylic oxidation sites excluding steroid dienone is 3. The lowest BCUT2D eigenvalue weighted by Gasteiger charge is -2.30. The largest absolute Gasteiger partial charge is 0.513 e. The molecule has 0 saturated heterocycles. The summed E-state index contributed by atoms with van der Waals surface area (Å²) < 4.78 is 14.2. The first-order chi connectivity index (χ1) is 13.7. The maximum Gasteiger partial charge on any atom is 0.261 e. The van der Waals surface area contributed by atoms with Crippen LogP contribution in [-0.2, 0) is 0 Å². The second-order valence-electron chi connectivity index (χ2n) is 7.69. The van der Waals surface area contributed by atoms with Crippen molar-refractivity contribution in [2.75, 3.05) is 26.7 Å². The molecular weight excluding hydrogens is 367 g/mol. The zero-order chi connectivity index (χ0) is 22.2. The monoisotopic (exact) mass is 402 g/mol. The Kier molecular flexibility index (Phi) is 9.31. The van der Waals surface area contributed by atoms with Crippen LogP contribution in [0.25, 0.3) is 0 Å². The first-order valence-electron chi connectivity index (χ1n) is 10.0. The molecule has 1 heterocycles. The molecule has 1 amide bonds. The lowest BCUT2D eigenvalue weighted by molar-refractivity contribution is 0.0782. The van der Waals surface area contributed by atoms with Crippen molar-refractivity contribution in [2.24, 2.45) is 5.41 Å². The van der Waals surface area contributed by atoms with Crippen molar-refractivity contribution in [3.63, 3.8) is 0 Å². The number of nitrogens with zero attached hydrogens (tertiary/aromatic N) is 2. The van der Waals surface area contributed by atoms with Crippen molar-refractivity contribution in [3.8, 4) is 0 Å². The molecule has 4 nitrogen and oxygen atoms in total. The molecule has 1 aliphatic heterocycles. The maximum absolute atomic E-state index is 14.2. The van der Waals surface area contributed by atoms with Gasteiger partial charge in [-0.25, -0.2) is 4.39 Å². The van der Waals surface area contributed by atoms with Gasteiger partial charge in [0.2, 0.25) is 0 Å². The Labute approximate surface area is 175 Å². The lowest BCUT2D eigenvalue weighted by atomic mass is 9.78. The number of hydrogen-bond donors (Lipinski definition) is 1. The smallest absolute Gasteiger partial charge is 0.261 e. The average molecular weight is 403 g/mol. The summed E-state index contributed by atoms with van der Waals surface area (Å²) >= 11 is 0. The van der Waals surface area contributed by atoms with Crippen molar-refractivity contribution in [2.45, 2.75) is 40.5 Å². The zero-order valence-electron chi connectivity index (χ0n) is 18.5. The molecule has 1 atom stereocenters. The van der Waals surface area contributed by atoms with Crippen LogP contribution in [0.5, 0.6) is 0 Å². The number of halogens is 1. The third kappa shape index (κ3) is 6.04. The van der Waals surface area contributed by atoms with Crippen LogP contribution in [0.1, 0.15) is 50.9 Å². The normalized spacial score (nSPS) is 19.4. The van der Waals surface area contributed by atoms with E-state index in [0.29, 0.717) is 13.0 Å². The third-order valence-electron chi connectivity index (χ3n) is 5.61. The molecule has 1 aliphatic rings. The molecule has 0 radical (unpaired) electrons. The Balaban J connectivity index is 0.00000204. The molecule has 0 spiro atoms. The highest BCUT2D eigenvalue weighted by molar-refractivity contribution is 5.96. The Morgan fingerprint density at radius 1 is 1.38 bits per heavy atom. The number of carbonyl (C=O) groups is 1. The van der Waals surface area contributed by atoms with Gasteiger partial charge in [0.1, 0.15) is 5.82 Å². The molecule has 0 saturated carbocycles. The van der Waals surface area contributed by atoms with E-state index in [1.54, 1.807) is 30.0 Å². The molecule has 5 heteroatoms. The highest BCUT2D eigenvalue weighted by Crippen LogP contribution is 2.44. The van der Waals surface area contributed by atoms with Gasteiger partial charge in [0.15, 0.2) is 0 Å². The van der Waals surface area contributed by atoms with Crippen LogP contribution < -0.4 is 0 Å². The minimum Gasteiger partial charge on any atom is -0.513 e. The number of amides is 1. The standard InChI is InChI=1S/C22H31FN2O2.C2H4/c1-6-24(5)14-13-22(4)15-25(17(3)19(22)12-11-16(2)26)21(27)18-9-7-8-10-20(18)23;1-2/h7-11,26H,6,12-15H2,1-5H3;1-2H2/b16-11+;. The fraction of sp³-hybridized carbons (Fsp3) is 0.458. The SMILES string of the molecule is C=C.CCN(C)CCC1(C)CN(C(=O)c2ccccc2F)C(C)=C1C/C=C(\C)O. The number of benzene rings is 1. The number of aliphatic hydroxyl groups is 1. The van der Waals surface area contributed by atoms with Crippen molar-refractivity contribution < 1.29 is 14.3 Å². The number of rotatable bonds is 7. The van der Waals surface area contributed by atoms with Gasteiger partial charge in [-0.3, -0.25) is 4.79 Å². The summed E-state index contributed by atoms with van der Waals surface area (Å²) in [7, 11) is 2.08. The minimum atomic E-state index is -0.498. The number of hydrogen-bond acceptors (Lipinski definition) is 3. The van der Waals surface area contributed by atoms with Gasteiger partial charge < -0.3 is 14.9 Å². The zero-order valence-corrected chi connectivity index (χ0v) is 18.5. The van der Waals surface area contributed by atoms with Crippen LogP contribution in [0.3, 0.4) is 0 Å². The van der Waals surface area contributed by atoms with Crippen LogP contribution in [-0.4, -0.2) is 47.5 Å². The van der Waals surface area contributed by atoms with E-state index in [0.717, 1.165) is 30.8 Å². The quantitative estimate of drug-likeness (QED) is 0.480. The van der Waals surface area contributed by atoms with Gasteiger partial charge in [0.25, 0.3) is 5.91 Å². The Bertz CT molecular complexity index is 768. The van der Waals surface area contributed by atoms with Crippen LogP contribution in [0.15, 0.2) is 60.5 Å². The van der Waals surface area contributed by atoms with E-state index in [-0.39, 0.29) is 22.6 Å². The summed E-state index contributed by atoms with van der Waals surface area (Å²) in [5.41, 5.74) is 1.88. The third-order valence-corrected chi connectivity index (χ3v) is 5.61. The fourth-order valence-corrected chi connectivity index (χ4v) is 3.64. The molecule has 1 N–H and O–H groups in total. The summed E-state index contributed by atoms with van der Waals surface area (Å²) in [4.78, 5) is 17.0. The summed E-state index contributed by atoms with van der Waals surface area (Å²) in [6, 6.07) is 6.11. The van der Waals surface area contributed by atoms with Gasteiger partial charge in [-0.2, -0.15) is 0 Å². The van der Waals surface area contributed by atoms with E-state index < -0.39 is 5.82 Å².